The molecule has 33 heavy (non-hydrogen) atoms. The van der Waals surface area contributed by atoms with Crippen LogP contribution in [0.3, 0.4) is 0 Å². The van der Waals surface area contributed by atoms with Gasteiger partial charge in [-0.2, -0.15) is 5.10 Å². The van der Waals surface area contributed by atoms with Crippen molar-refractivity contribution in [1.29, 1.82) is 0 Å². The molecule has 8 nitrogen and oxygen atoms in total. The van der Waals surface area contributed by atoms with Crippen molar-refractivity contribution in [2.24, 2.45) is 5.10 Å². The van der Waals surface area contributed by atoms with Gasteiger partial charge in [-0.15, -0.1) is 16.8 Å². The molecular formula is C24H29N7OS. The minimum atomic E-state index is -0.214. The Labute approximate surface area is 198 Å². The first kappa shape index (κ1) is 24.1. The normalized spacial score (nSPS) is 10.9. The summed E-state index contributed by atoms with van der Waals surface area (Å²) < 4.78 is 1.95. The molecule has 0 saturated heterocycles. The first-order chi connectivity index (χ1) is 16.0. The van der Waals surface area contributed by atoms with Crippen molar-refractivity contribution in [2.75, 3.05) is 30.1 Å². The molecule has 2 aromatic carbocycles. The van der Waals surface area contributed by atoms with E-state index in [-0.39, 0.29) is 11.7 Å². The third kappa shape index (κ3) is 7.21. The van der Waals surface area contributed by atoms with Crippen LogP contribution in [0.2, 0.25) is 0 Å². The first-order valence-electron chi connectivity index (χ1n) is 10.5. The number of aryl methyl sites for hydroxylation is 1. The van der Waals surface area contributed by atoms with Gasteiger partial charge in [0, 0.05) is 32.0 Å². The number of hydrogen-bond acceptors (Lipinski definition) is 7. The zero-order valence-electron chi connectivity index (χ0n) is 19.2. The van der Waals surface area contributed by atoms with Crippen LogP contribution in [0.4, 0.5) is 11.4 Å². The monoisotopic (exact) mass is 463 g/mol. The first-order valence-corrected chi connectivity index (χ1v) is 11.5. The van der Waals surface area contributed by atoms with Crippen LogP contribution < -0.4 is 15.6 Å². The number of amides is 1. The highest BCUT2D eigenvalue weighted by atomic mass is 32.2. The Bertz CT molecular complexity index is 1090. The quantitative estimate of drug-likeness (QED) is 0.195. The predicted molar refractivity (Wildman–Crippen MR) is 136 cm³/mol. The fourth-order valence-electron chi connectivity index (χ4n) is 2.92. The van der Waals surface area contributed by atoms with E-state index in [2.05, 4.69) is 51.7 Å². The molecule has 0 aliphatic heterocycles. The summed E-state index contributed by atoms with van der Waals surface area (Å²) in [6.45, 7) is 6.95. The topological polar surface area (TPSA) is 87.4 Å². The van der Waals surface area contributed by atoms with Crippen molar-refractivity contribution in [3.63, 3.8) is 0 Å². The minimum absolute atomic E-state index is 0.178. The van der Waals surface area contributed by atoms with Gasteiger partial charge in [0.25, 0.3) is 5.91 Å². The van der Waals surface area contributed by atoms with Gasteiger partial charge in [0.1, 0.15) is 0 Å². The van der Waals surface area contributed by atoms with E-state index in [1.54, 1.807) is 12.3 Å². The number of rotatable bonds is 11. The number of allylic oxidation sites excluding steroid dienone is 1. The average Bonchev–Trinajstić information content (AvgIpc) is 3.19. The fourth-order valence-corrected chi connectivity index (χ4v) is 3.68. The molecule has 0 aliphatic rings. The Morgan fingerprint density at radius 2 is 1.88 bits per heavy atom. The van der Waals surface area contributed by atoms with Gasteiger partial charge in [-0.25, -0.2) is 5.43 Å². The largest absolute Gasteiger partial charge is 0.378 e. The number of nitrogens with zero attached hydrogens (tertiary/aromatic N) is 5. The Morgan fingerprint density at radius 1 is 1.15 bits per heavy atom. The number of benzene rings is 2. The minimum Gasteiger partial charge on any atom is -0.378 e. The number of hydrazone groups is 1. The van der Waals surface area contributed by atoms with Crippen LogP contribution in [0, 0.1) is 6.92 Å². The van der Waals surface area contributed by atoms with E-state index < -0.39 is 0 Å². The molecule has 1 heterocycles. The van der Waals surface area contributed by atoms with Gasteiger partial charge >= 0.3 is 0 Å². The molecule has 0 aliphatic carbocycles. The second kappa shape index (κ2) is 11.9. The van der Waals surface area contributed by atoms with E-state index in [1.807, 2.05) is 60.0 Å². The van der Waals surface area contributed by atoms with E-state index in [4.69, 9.17) is 0 Å². The number of carbonyl (C=O) groups excluding carboxylic acids is 1. The summed E-state index contributed by atoms with van der Waals surface area (Å²) in [5, 5.41) is 16.6. The van der Waals surface area contributed by atoms with Gasteiger partial charge in [0.05, 0.1) is 18.5 Å². The average molecular weight is 464 g/mol. The van der Waals surface area contributed by atoms with Crippen molar-refractivity contribution >= 4 is 35.3 Å². The van der Waals surface area contributed by atoms with Crippen molar-refractivity contribution in [1.82, 2.24) is 20.2 Å². The maximum atomic E-state index is 12.2. The van der Waals surface area contributed by atoms with Crippen LogP contribution in [0.15, 0.2) is 71.4 Å². The molecule has 0 radical (unpaired) electrons. The standard InChI is InChI=1S/C24H29N7OS/c1-5-14-31-22(16-25-20-10-6-18(2)7-11-20)27-29-24(31)33-17-23(32)28-26-15-19-8-12-21(13-9-19)30(3)4/h5-13,15,25H,1,14,16-17H2,2-4H3,(H,28,32). The van der Waals surface area contributed by atoms with Gasteiger partial charge in [0.2, 0.25) is 0 Å². The second-order valence-electron chi connectivity index (χ2n) is 7.59. The lowest BCUT2D eigenvalue weighted by molar-refractivity contribution is -0.118. The van der Waals surface area contributed by atoms with Gasteiger partial charge in [-0.05, 0) is 36.8 Å². The van der Waals surface area contributed by atoms with E-state index in [9.17, 15) is 4.79 Å². The summed E-state index contributed by atoms with van der Waals surface area (Å²) in [6, 6.07) is 16.1. The number of thioether (sulfide) groups is 1. The highest BCUT2D eigenvalue weighted by molar-refractivity contribution is 7.99. The van der Waals surface area contributed by atoms with Crippen LogP contribution in [0.5, 0.6) is 0 Å². The van der Waals surface area contributed by atoms with Crippen molar-refractivity contribution in [2.45, 2.75) is 25.2 Å². The summed E-state index contributed by atoms with van der Waals surface area (Å²) in [7, 11) is 3.97. The summed E-state index contributed by atoms with van der Waals surface area (Å²) >= 11 is 1.31. The summed E-state index contributed by atoms with van der Waals surface area (Å²) in [5.41, 5.74) is 6.78. The highest BCUT2D eigenvalue weighted by Crippen LogP contribution is 2.18. The Kier molecular flexibility index (Phi) is 8.65. The number of carbonyl (C=O) groups is 1. The van der Waals surface area contributed by atoms with Gasteiger partial charge in [-0.1, -0.05) is 47.7 Å². The summed E-state index contributed by atoms with van der Waals surface area (Å²) in [5.74, 6) is 0.739. The van der Waals surface area contributed by atoms with Crippen LogP contribution >= 0.6 is 11.8 Å². The number of aromatic nitrogens is 3. The van der Waals surface area contributed by atoms with Crippen molar-refractivity contribution in [3.05, 3.63) is 78.1 Å². The van der Waals surface area contributed by atoms with E-state index in [0.29, 0.717) is 18.2 Å². The lowest BCUT2D eigenvalue weighted by Crippen LogP contribution is -2.20. The molecule has 3 aromatic rings. The molecule has 1 aromatic heterocycles. The Balaban J connectivity index is 1.52. The number of hydrogen-bond donors (Lipinski definition) is 2. The van der Waals surface area contributed by atoms with Gasteiger partial charge in [0.15, 0.2) is 11.0 Å². The summed E-state index contributed by atoms with van der Waals surface area (Å²) in [4.78, 5) is 14.2. The smallest absolute Gasteiger partial charge is 0.250 e. The molecule has 172 valence electrons. The van der Waals surface area contributed by atoms with Crippen LogP contribution in [0.1, 0.15) is 17.0 Å². The molecule has 1 amide bonds. The zero-order valence-corrected chi connectivity index (χ0v) is 20.0. The SMILES string of the molecule is C=CCn1c(CNc2ccc(C)cc2)nnc1SCC(=O)NN=Cc1ccc(N(C)C)cc1. The molecule has 0 bridgehead atoms. The van der Waals surface area contributed by atoms with Crippen molar-refractivity contribution < 1.29 is 4.79 Å². The molecule has 0 spiro atoms. The van der Waals surface area contributed by atoms with Gasteiger partial charge in [-0.3, -0.25) is 4.79 Å². The predicted octanol–water partition coefficient (Wildman–Crippen LogP) is 3.69. The van der Waals surface area contributed by atoms with Crippen molar-refractivity contribution in [3.8, 4) is 0 Å². The molecule has 0 saturated carbocycles. The third-order valence-corrected chi connectivity index (χ3v) is 5.72. The molecule has 0 fully saturated rings. The number of nitrogens with one attached hydrogen (secondary N) is 2. The maximum Gasteiger partial charge on any atom is 0.250 e. The molecule has 9 heteroatoms. The lowest BCUT2D eigenvalue weighted by Gasteiger charge is -2.11. The van der Waals surface area contributed by atoms with Crippen LogP contribution in [-0.2, 0) is 17.9 Å². The Hall–Kier alpha value is -3.59. The molecule has 0 unspecified atom stereocenters. The third-order valence-electron chi connectivity index (χ3n) is 4.75. The van der Waals surface area contributed by atoms with E-state index in [0.717, 1.165) is 22.8 Å². The second-order valence-corrected chi connectivity index (χ2v) is 8.53. The highest BCUT2D eigenvalue weighted by Gasteiger charge is 2.13. The number of anilines is 2. The fraction of sp³-hybridized carbons (Fsp3) is 0.250. The lowest BCUT2D eigenvalue weighted by atomic mass is 10.2. The van der Waals surface area contributed by atoms with Gasteiger partial charge < -0.3 is 14.8 Å². The molecule has 0 atom stereocenters. The van der Waals surface area contributed by atoms with E-state index in [1.165, 1.54) is 17.3 Å². The molecule has 3 rings (SSSR count). The molecule has 2 N–H and O–H groups in total. The Morgan fingerprint density at radius 3 is 2.55 bits per heavy atom. The zero-order chi connectivity index (χ0) is 23.6. The molecular weight excluding hydrogens is 434 g/mol. The summed E-state index contributed by atoms with van der Waals surface area (Å²) in [6.07, 6.45) is 3.41. The van der Waals surface area contributed by atoms with Crippen LogP contribution in [-0.4, -0.2) is 46.7 Å². The maximum absolute atomic E-state index is 12.2. The van der Waals surface area contributed by atoms with E-state index >= 15 is 0 Å². The van der Waals surface area contributed by atoms with Crippen LogP contribution in [0.25, 0.3) is 0 Å².